The number of halogens is 1. The van der Waals surface area contributed by atoms with Gasteiger partial charge in [-0.3, -0.25) is 0 Å². The van der Waals surface area contributed by atoms with Gasteiger partial charge in [0.05, 0.1) is 6.10 Å². The van der Waals surface area contributed by atoms with Crippen molar-refractivity contribution in [2.24, 2.45) is 0 Å². The van der Waals surface area contributed by atoms with E-state index in [1.54, 1.807) is 13.0 Å². The van der Waals surface area contributed by atoms with E-state index in [0.717, 1.165) is 17.8 Å². The largest absolute Gasteiger partial charge is 0.389 e. The van der Waals surface area contributed by atoms with Crippen LogP contribution in [0.3, 0.4) is 0 Å². The van der Waals surface area contributed by atoms with Crippen LogP contribution < -0.4 is 4.90 Å². The zero-order valence-corrected chi connectivity index (χ0v) is 11.9. The molecule has 106 valence electrons. The van der Waals surface area contributed by atoms with Crippen molar-refractivity contribution in [2.75, 3.05) is 11.4 Å². The molecule has 0 aromatic heterocycles. The average molecular weight is 273 g/mol. The van der Waals surface area contributed by atoms with Gasteiger partial charge >= 0.3 is 0 Å². The normalized spacial score (nSPS) is 12.2. The van der Waals surface area contributed by atoms with E-state index in [0.29, 0.717) is 12.1 Å². The molecule has 0 amide bonds. The lowest BCUT2D eigenvalue weighted by atomic mass is 10.1. The summed E-state index contributed by atoms with van der Waals surface area (Å²) in [6, 6.07) is 15.0. The molecule has 1 N–H and O–H groups in total. The van der Waals surface area contributed by atoms with Gasteiger partial charge in [-0.15, -0.1) is 0 Å². The molecular formula is C17H20FNO. The highest BCUT2D eigenvalue weighted by Gasteiger charge is 2.17. The van der Waals surface area contributed by atoms with Gasteiger partial charge < -0.3 is 10.0 Å². The zero-order valence-electron chi connectivity index (χ0n) is 11.9. The van der Waals surface area contributed by atoms with Crippen LogP contribution >= 0.6 is 0 Å². The number of anilines is 1. The second kappa shape index (κ2) is 6.53. The highest BCUT2D eigenvalue weighted by Crippen LogP contribution is 2.29. The van der Waals surface area contributed by atoms with Gasteiger partial charge in [0, 0.05) is 24.3 Å². The maximum Gasteiger partial charge on any atom is 0.131 e. The van der Waals surface area contributed by atoms with Gasteiger partial charge in [0.15, 0.2) is 0 Å². The third-order valence-corrected chi connectivity index (χ3v) is 3.39. The number of aliphatic hydroxyl groups is 1. The predicted octanol–water partition coefficient (Wildman–Crippen LogP) is 3.91. The molecule has 3 heteroatoms. The third-order valence-electron chi connectivity index (χ3n) is 3.39. The average Bonchev–Trinajstić information content (AvgIpc) is 2.45. The van der Waals surface area contributed by atoms with Crippen molar-refractivity contribution in [3.63, 3.8) is 0 Å². The molecule has 2 aromatic rings. The monoisotopic (exact) mass is 273 g/mol. The number of hydrogen-bond donors (Lipinski definition) is 1. The topological polar surface area (TPSA) is 23.5 Å². The van der Waals surface area contributed by atoms with E-state index in [2.05, 4.69) is 4.90 Å². The van der Waals surface area contributed by atoms with Crippen molar-refractivity contribution in [1.82, 2.24) is 0 Å². The molecule has 0 saturated carbocycles. The molecule has 0 aliphatic heterocycles. The summed E-state index contributed by atoms with van der Waals surface area (Å²) < 4.78 is 13.9. The first-order chi connectivity index (χ1) is 9.63. The van der Waals surface area contributed by atoms with Crippen LogP contribution in [0.2, 0.25) is 0 Å². The molecule has 0 bridgehead atoms. The van der Waals surface area contributed by atoms with E-state index in [1.165, 1.54) is 6.07 Å². The van der Waals surface area contributed by atoms with E-state index in [4.69, 9.17) is 0 Å². The van der Waals surface area contributed by atoms with E-state index in [-0.39, 0.29) is 5.82 Å². The second-order valence-corrected chi connectivity index (χ2v) is 4.85. The molecule has 2 rings (SSSR count). The molecule has 0 fully saturated rings. The molecule has 0 aliphatic rings. The summed E-state index contributed by atoms with van der Waals surface area (Å²) in [7, 11) is 0. The lowest BCUT2D eigenvalue weighted by Crippen LogP contribution is -2.24. The Bertz CT molecular complexity index is 554. The van der Waals surface area contributed by atoms with Crippen molar-refractivity contribution < 1.29 is 9.50 Å². The van der Waals surface area contributed by atoms with Gasteiger partial charge in [0.25, 0.3) is 0 Å². The Kier molecular flexibility index (Phi) is 4.74. The minimum absolute atomic E-state index is 0.357. The SMILES string of the molecule is CCN(Cc1ccccc1)c1cccc(F)c1[C@@H](C)O. The molecule has 2 aromatic carbocycles. The summed E-state index contributed by atoms with van der Waals surface area (Å²) in [5.41, 5.74) is 2.28. The maximum absolute atomic E-state index is 13.9. The molecule has 0 unspecified atom stereocenters. The van der Waals surface area contributed by atoms with Gasteiger partial charge in [0.2, 0.25) is 0 Å². The highest BCUT2D eigenvalue weighted by molar-refractivity contribution is 5.55. The summed E-state index contributed by atoms with van der Waals surface area (Å²) in [6.45, 7) is 5.07. The van der Waals surface area contributed by atoms with Crippen molar-refractivity contribution in [2.45, 2.75) is 26.5 Å². The Labute approximate surface area is 119 Å². The van der Waals surface area contributed by atoms with Gasteiger partial charge in [-0.1, -0.05) is 36.4 Å². The summed E-state index contributed by atoms with van der Waals surface area (Å²) >= 11 is 0. The van der Waals surface area contributed by atoms with Crippen LogP contribution in [0.4, 0.5) is 10.1 Å². The Balaban J connectivity index is 2.35. The molecule has 1 atom stereocenters. The molecule has 0 spiro atoms. The number of nitrogens with zero attached hydrogens (tertiary/aromatic N) is 1. The van der Waals surface area contributed by atoms with Gasteiger partial charge in [-0.25, -0.2) is 4.39 Å². The molecule has 0 aliphatic carbocycles. The fourth-order valence-corrected chi connectivity index (χ4v) is 2.39. The first-order valence-corrected chi connectivity index (χ1v) is 6.88. The van der Waals surface area contributed by atoms with Gasteiger partial charge in [0.1, 0.15) is 5.82 Å². The summed E-state index contributed by atoms with van der Waals surface area (Å²) in [6.07, 6.45) is -0.823. The Morgan fingerprint density at radius 1 is 1.10 bits per heavy atom. The van der Waals surface area contributed by atoms with Crippen LogP contribution in [0.1, 0.15) is 31.1 Å². The van der Waals surface area contributed by atoms with Crippen LogP contribution in [0.15, 0.2) is 48.5 Å². The number of hydrogen-bond acceptors (Lipinski definition) is 2. The number of benzene rings is 2. The molecule has 0 radical (unpaired) electrons. The third kappa shape index (κ3) is 3.17. The smallest absolute Gasteiger partial charge is 0.131 e. The van der Waals surface area contributed by atoms with Crippen molar-refractivity contribution in [3.8, 4) is 0 Å². The van der Waals surface area contributed by atoms with E-state index in [1.807, 2.05) is 43.3 Å². The zero-order chi connectivity index (χ0) is 14.5. The standard InChI is InChI=1S/C17H20FNO/c1-3-19(12-14-8-5-4-6-9-14)16-11-7-10-15(18)17(16)13(2)20/h4-11,13,20H,3,12H2,1-2H3/t13-/m1/s1. The molecule has 0 saturated heterocycles. The lowest BCUT2D eigenvalue weighted by Gasteiger charge is -2.27. The lowest BCUT2D eigenvalue weighted by molar-refractivity contribution is 0.194. The minimum Gasteiger partial charge on any atom is -0.389 e. The van der Waals surface area contributed by atoms with Crippen molar-refractivity contribution in [1.29, 1.82) is 0 Å². The van der Waals surface area contributed by atoms with Crippen LogP contribution in [0.25, 0.3) is 0 Å². The first-order valence-electron chi connectivity index (χ1n) is 6.88. The Hall–Kier alpha value is -1.87. The van der Waals surface area contributed by atoms with E-state index >= 15 is 0 Å². The predicted molar refractivity (Wildman–Crippen MR) is 80.2 cm³/mol. The second-order valence-electron chi connectivity index (χ2n) is 4.85. The molecule has 0 heterocycles. The number of rotatable bonds is 5. The maximum atomic E-state index is 13.9. The minimum atomic E-state index is -0.823. The quantitative estimate of drug-likeness (QED) is 0.893. The molecule has 2 nitrogen and oxygen atoms in total. The van der Waals surface area contributed by atoms with Gasteiger partial charge in [-0.2, -0.15) is 0 Å². The summed E-state index contributed by atoms with van der Waals surface area (Å²) in [5.74, 6) is -0.357. The first kappa shape index (κ1) is 14.5. The Morgan fingerprint density at radius 3 is 2.40 bits per heavy atom. The van der Waals surface area contributed by atoms with Crippen LogP contribution in [-0.2, 0) is 6.54 Å². The number of aliphatic hydroxyl groups excluding tert-OH is 1. The molecule has 20 heavy (non-hydrogen) atoms. The van der Waals surface area contributed by atoms with Crippen LogP contribution in [-0.4, -0.2) is 11.7 Å². The van der Waals surface area contributed by atoms with Crippen molar-refractivity contribution in [3.05, 3.63) is 65.5 Å². The Morgan fingerprint density at radius 2 is 1.80 bits per heavy atom. The van der Waals surface area contributed by atoms with Crippen LogP contribution in [0.5, 0.6) is 0 Å². The van der Waals surface area contributed by atoms with Crippen LogP contribution in [0, 0.1) is 5.82 Å². The van der Waals surface area contributed by atoms with E-state index in [9.17, 15) is 9.50 Å². The molecular weight excluding hydrogens is 253 g/mol. The van der Waals surface area contributed by atoms with Crippen molar-refractivity contribution >= 4 is 5.69 Å². The fourth-order valence-electron chi connectivity index (χ4n) is 2.39. The fraction of sp³-hybridized carbons (Fsp3) is 0.294. The summed E-state index contributed by atoms with van der Waals surface area (Å²) in [5, 5.41) is 9.83. The van der Waals surface area contributed by atoms with E-state index < -0.39 is 6.10 Å². The highest BCUT2D eigenvalue weighted by atomic mass is 19.1. The van der Waals surface area contributed by atoms with Gasteiger partial charge in [-0.05, 0) is 31.5 Å². The summed E-state index contributed by atoms with van der Waals surface area (Å²) in [4.78, 5) is 2.07.